The van der Waals surface area contributed by atoms with Gasteiger partial charge in [0.15, 0.2) is 11.9 Å². The fraction of sp³-hybridized carbons (Fsp3) is 0.643. The number of nitrogens with one attached hydrogen (secondary N) is 1. The van der Waals surface area contributed by atoms with Gasteiger partial charge in [-0.1, -0.05) is 0 Å². The predicted molar refractivity (Wildman–Crippen MR) is 82.9 cm³/mol. The molecule has 7 N–H and O–H groups in total. The maximum atomic E-state index is 8.93. The van der Waals surface area contributed by atoms with E-state index in [0.717, 1.165) is 17.6 Å². The van der Waals surface area contributed by atoms with Crippen molar-refractivity contribution in [3.05, 3.63) is 18.3 Å². The Bertz CT molecular complexity index is 699. The third kappa shape index (κ3) is 3.62. The van der Waals surface area contributed by atoms with Gasteiger partial charge in [0.05, 0.1) is 18.6 Å². The van der Waals surface area contributed by atoms with Crippen molar-refractivity contribution in [2.24, 2.45) is 5.73 Å². The number of nitrogens with two attached hydrogens (primary N) is 1. The van der Waals surface area contributed by atoms with Crippen LogP contribution in [0.25, 0.3) is 11.2 Å². The fourth-order valence-electron chi connectivity index (χ4n) is 2.77. The topological polar surface area (TPSA) is 180 Å². The normalized spacial score (nSPS) is 34.9. The van der Waals surface area contributed by atoms with E-state index in [4.69, 9.17) is 30.9 Å². The van der Waals surface area contributed by atoms with Crippen LogP contribution in [0.1, 0.15) is 18.2 Å². The smallest absolute Gasteiger partial charge is 0.184 e. The molecule has 2 saturated heterocycles. The Labute approximate surface area is 142 Å². The molecule has 0 spiro atoms. The Balaban J connectivity index is 0.000000160. The Morgan fingerprint density at radius 2 is 2.00 bits per heavy atom. The first-order valence-corrected chi connectivity index (χ1v) is 7.84. The van der Waals surface area contributed by atoms with E-state index >= 15 is 0 Å². The molecule has 4 rings (SSSR count). The molecule has 2 fully saturated rings. The van der Waals surface area contributed by atoms with Crippen LogP contribution in [0.2, 0.25) is 0 Å². The van der Waals surface area contributed by atoms with Crippen molar-refractivity contribution in [3.63, 3.8) is 0 Å². The molecule has 2 aliphatic heterocycles. The quantitative estimate of drug-likeness (QED) is 0.339. The third-order valence-electron chi connectivity index (χ3n) is 4.18. The van der Waals surface area contributed by atoms with Crippen molar-refractivity contribution in [2.45, 2.75) is 43.2 Å². The summed E-state index contributed by atoms with van der Waals surface area (Å²) in [6, 6.07) is 0.00593. The summed E-state index contributed by atoms with van der Waals surface area (Å²) < 4.78 is 10.1. The van der Waals surface area contributed by atoms with Gasteiger partial charge in [-0.3, -0.25) is 0 Å². The van der Waals surface area contributed by atoms with Crippen LogP contribution in [0.3, 0.4) is 0 Å². The van der Waals surface area contributed by atoms with Crippen LogP contribution in [0.5, 0.6) is 0 Å². The van der Waals surface area contributed by atoms with E-state index in [-0.39, 0.29) is 12.1 Å². The average Bonchev–Trinajstić information content (AvgIpc) is 3.31. The molecule has 25 heavy (non-hydrogen) atoms. The monoisotopic (exact) mass is 355 g/mol. The largest absolute Gasteiger partial charge is 0.394 e. The molecule has 0 saturated carbocycles. The molecule has 2 unspecified atom stereocenters. The lowest BCUT2D eigenvalue weighted by Gasteiger charge is -2.13. The first kappa shape index (κ1) is 18.1. The number of ether oxygens (including phenoxy) is 2. The second-order valence-corrected chi connectivity index (χ2v) is 5.83. The van der Waals surface area contributed by atoms with Crippen LogP contribution in [-0.4, -0.2) is 84.2 Å². The molecule has 4 heterocycles. The third-order valence-corrected chi connectivity index (χ3v) is 4.18. The standard InChI is InChI=1S/C9H11N5O.C5H10O5/c10-5-1-2-15-8(5)6-7-9(13-3-11-6)14-4-12-7;6-1-2-3(7)4(8)5(9)10-2/h3-5,8H,1-2,10H2,(H,11,12,13,14);2-9H,1H2/t5-,8?;2-,3-,4-,5?/m11/s1. The molecule has 0 amide bonds. The second-order valence-electron chi connectivity index (χ2n) is 5.83. The SMILES string of the molecule is N[C@@H]1CCOC1c1ncnc2nc[nH]c12.OC[C@H]1OC(O)[C@H](O)[C@@H]1O. The zero-order chi connectivity index (χ0) is 18.0. The van der Waals surface area contributed by atoms with E-state index in [0.29, 0.717) is 12.3 Å². The number of aromatic nitrogens is 4. The van der Waals surface area contributed by atoms with Crippen LogP contribution in [0.15, 0.2) is 12.7 Å². The molecule has 0 bridgehead atoms. The summed E-state index contributed by atoms with van der Waals surface area (Å²) >= 11 is 0. The number of rotatable bonds is 2. The van der Waals surface area contributed by atoms with Crippen molar-refractivity contribution in [2.75, 3.05) is 13.2 Å². The highest BCUT2D eigenvalue weighted by atomic mass is 16.6. The van der Waals surface area contributed by atoms with Crippen molar-refractivity contribution in [1.29, 1.82) is 0 Å². The van der Waals surface area contributed by atoms with Gasteiger partial charge in [-0.2, -0.15) is 0 Å². The Kier molecular flexibility index (Phi) is 5.54. The van der Waals surface area contributed by atoms with Crippen LogP contribution in [-0.2, 0) is 9.47 Å². The maximum absolute atomic E-state index is 8.93. The summed E-state index contributed by atoms with van der Waals surface area (Å²) in [4.78, 5) is 15.4. The molecule has 11 nitrogen and oxygen atoms in total. The van der Waals surface area contributed by atoms with Gasteiger partial charge in [0, 0.05) is 12.6 Å². The van der Waals surface area contributed by atoms with Gasteiger partial charge in [0.2, 0.25) is 0 Å². The van der Waals surface area contributed by atoms with Crippen LogP contribution >= 0.6 is 0 Å². The lowest BCUT2D eigenvalue weighted by Crippen LogP contribution is -2.33. The van der Waals surface area contributed by atoms with Crippen molar-refractivity contribution >= 4 is 11.2 Å². The number of hydrogen-bond acceptors (Lipinski definition) is 10. The van der Waals surface area contributed by atoms with E-state index in [1.54, 1.807) is 6.33 Å². The van der Waals surface area contributed by atoms with Crippen molar-refractivity contribution in [3.8, 4) is 0 Å². The zero-order valence-electron chi connectivity index (χ0n) is 13.3. The zero-order valence-corrected chi connectivity index (χ0v) is 13.3. The van der Waals surface area contributed by atoms with E-state index in [9.17, 15) is 0 Å². The molecular formula is C14H21N5O6. The number of aliphatic hydroxyl groups is 4. The molecule has 0 aromatic carbocycles. The fourth-order valence-corrected chi connectivity index (χ4v) is 2.77. The summed E-state index contributed by atoms with van der Waals surface area (Å²) in [7, 11) is 0. The number of aliphatic hydroxyl groups excluding tert-OH is 4. The minimum atomic E-state index is -1.38. The highest BCUT2D eigenvalue weighted by Crippen LogP contribution is 2.29. The molecule has 0 aliphatic carbocycles. The number of imidazole rings is 1. The number of aromatic amines is 1. The summed E-state index contributed by atoms with van der Waals surface area (Å²) in [6.45, 7) is 0.279. The molecule has 138 valence electrons. The first-order valence-electron chi connectivity index (χ1n) is 7.84. The molecule has 2 aliphatic rings. The highest BCUT2D eigenvalue weighted by Gasteiger charge is 2.41. The molecule has 0 radical (unpaired) electrons. The Morgan fingerprint density at radius 3 is 2.56 bits per heavy atom. The van der Waals surface area contributed by atoms with Crippen LogP contribution < -0.4 is 5.73 Å². The first-order chi connectivity index (χ1) is 12.0. The number of nitrogens with zero attached hydrogens (tertiary/aromatic N) is 3. The predicted octanol–water partition coefficient (Wildman–Crippen LogP) is -2.44. The average molecular weight is 355 g/mol. The molecule has 6 atom stereocenters. The summed E-state index contributed by atoms with van der Waals surface area (Å²) in [5, 5.41) is 35.0. The van der Waals surface area contributed by atoms with Crippen LogP contribution in [0, 0.1) is 0 Å². The van der Waals surface area contributed by atoms with Crippen LogP contribution in [0.4, 0.5) is 0 Å². The molecular weight excluding hydrogens is 334 g/mol. The van der Waals surface area contributed by atoms with Gasteiger partial charge >= 0.3 is 0 Å². The Hall–Kier alpha value is -1.73. The van der Waals surface area contributed by atoms with Gasteiger partial charge in [-0.25, -0.2) is 15.0 Å². The molecule has 2 aromatic heterocycles. The number of H-pyrrole nitrogens is 1. The lowest BCUT2D eigenvalue weighted by molar-refractivity contribution is -0.132. The van der Waals surface area contributed by atoms with E-state index in [1.807, 2.05) is 0 Å². The van der Waals surface area contributed by atoms with E-state index < -0.39 is 31.2 Å². The second kappa shape index (κ2) is 7.66. The summed E-state index contributed by atoms with van der Waals surface area (Å²) in [5.41, 5.74) is 8.23. The summed E-state index contributed by atoms with van der Waals surface area (Å²) in [6.07, 6.45) is -0.939. The van der Waals surface area contributed by atoms with Crippen molar-refractivity contribution < 1.29 is 29.9 Å². The number of hydrogen-bond donors (Lipinski definition) is 6. The van der Waals surface area contributed by atoms with Gasteiger partial charge < -0.3 is 40.6 Å². The van der Waals surface area contributed by atoms with E-state index in [2.05, 4.69) is 24.7 Å². The van der Waals surface area contributed by atoms with Gasteiger partial charge in [0.1, 0.15) is 36.3 Å². The Morgan fingerprint density at radius 1 is 1.20 bits per heavy atom. The van der Waals surface area contributed by atoms with Gasteiger partial charge in [-0.15, -0.1) is 0 Å². The van der Waals surface area contributed by atoms with Crippen molar-refractivity contribution in [1.82, 2.24) is 19.9 Å². The number of fused-ring (bicyclic) bond motifs is 1. The van der Waals surface area contributed by atoms with Gasteiger partial charge in [-0.05, 0) is 6.42 Å². The van der Waals surface area contributed by atoms with Gasteiger partial charge in [0.25, 0.3) is 0 Å². The maximum Gasteiger partial charge on any atom is 0.184 e. The lowest BCUT2D eigenvalue weighted by atomic mass is 10.1. The minimum absolute atomic E-state index is 0.00593. The highest BCUT2D eigenvalue weighted by molar-refractivity contribution is 5.72. The minimum Gasteiger partial charge on any atom is -0.394 e. The van der Waals surface area contributed by atoms with E-state index in [1.165, 1.54) is 6.33 Å². The summed E-state index contributed by atoms with van der Waals surface area (Å²) in [5.74, 6) is 0. The molecule has 11 heteroatoms. The molecule has 2 aromatic rings.